The van der Waals surface area contributed by atoms with Crippen LogP contribution >= 0.6 is 0 Å². The highest BCUT2D eigenvalue weighted by molar-refractivity contribution is 5.24. The van der Waals surface area contributed by atoms with Crippen molar-refractivity contribution in [3.8, 4) is 0 Å². The molecule has 6 heteroatoms. The highest BCUT2D eigenvalue weighted by atomic mass is 16.5. The molecule has 1 unspecified atom stereocenters. The summed E-state index contributed by atoms with van der Waals surface area (Å²) in [7, 11) is 0. The van der Waals surface area contributed by atoms with Gasteiger partial charge in [0, 0.05) is 36.9 Å². The maximum Gasteiger partial charge on any atom is 0.0674 e. The second-order valence-corrected chi connectivity index (χ2v) is 7.28. The molecular formula is C18H32N4O2. The number of morpholine rings is 1. The van der Waals surface area contributed by atoms with Crippen LogP contribution in [0.15, 0.2) is 0 Å². The Balaban J connectivity index is 1.54. The largest absolute Gasteiger partial charge is 0.394 e. The van der Waals surface area contributed by atoms with Crippen LogP contribution in [0.4, 0.5) is 0 Å². The number of nitrogens with zero attached hydrogens (tertiary/aromatic N) is 4. The van der Waals surface area contributed by atoms with Gasteiger partial charge in [0.05, 0.1) is 31.6 Å². The Kier molecular flexibility index (Phi) is 5.92. The summed E-state index contributed by atoms with van der Waals surface area (Å²) in [6.07, 6.45) is 2.87. The molecule has 24 heavy (non-hydrogen) atoms. The highest BCUT2D eigenvalue weighted by Gasteiger charge is 2.28. The molecule has 2 saturated heterocycles. The number of aliphatic hydroxyl groups is 1. The Bertz CT molecular complexity index is 537. The van der Waals surface area contributed by atoms with E-state index in [4.69, 9.17) is 9.84 Å². The molecule has 1 aromatic rings. The second-order valence-electron chi connectivity index (χ2n) is 7.28. The first-order valence-electron chi connectivity index (χ1n) is 9.30. The molecule has 3 heterocycles. The summed E-state index contributed by atoms with van der Waals surface area (Å²) in [5, 5.41) is 13.7. The predicted molar refractivity (Wildman–Crippen MR) is 94.1 cm³/mol. The third-order valence-electron chi connectivity index (χ3n) is 5.57. The smallest absolute Gasteiger partial charge is 0.0674 e. The fourth-order valence-corrected chi connectivity index (χ4v) is 4.12. The van der Waals surface area contributed by atoms with Crippen LogP contribution in [0.3, 0.4) is 0 Å². The molecule has 2 fully saturated rings. The first kappa shape index (κ1) is 17.9. The fourth-order valence-electron chi connectivity index (χ4n) is 4.12. The Morgan fingerprint density at radius 2 is 1.96 bits per heavy atom. The quantitative estimate of drug-likeness (QED) is 0.875. The third kappa shape index (κ3) is 3.99. The number of piperidine rings is 1. The van der Waals surface area contributed by atoms with E-state index in [1.165, 1.54) is 24.1 Å². The molecule has 1 atom stereocenters. The van der Waals surface area contributed by atoms with Gasteiger partial charge >= 0.3 is 0 Å². The van der Waals surface area contributed by atoms with Crippen molar-refractivity contribution in [2.45, 2.75) is 58.8 Å². The first-order valence-corrected chi connectivity index (χ1v) is 9.30. The van der Waals surface area contributed by atoms with Crippen molar-refractivity contribution in [2.75, 3.05) is 39.4 Å². The minimum atomic E-state index is 0.144. The molecule has 0 aliphatic carbocycles. The van der Waals surface area contributed by atoms with Crippen LogP contribution in [0, 0.1) is 13.8 Å². The van der Waals surface area contributed by atoms with Crippen molar-refractivity contribution in [1.29, 1.82) is 0 Å². The number of aromatic nitrogens is 2. The normalized spacial score (nSPS) is 24.6. The van der Waals surface area contributed by atoms with Gasteiger partial charge in [-0.1, -0.05) is 0 Å². The van der Waals surface area contributed by atoms with Crippen LogP contribution in [-0.2, 0) is 17.8 Å². The standard InChI is InChI=1S/C18H32N4O2/c1-14-12-21(9-11-24-14)17-4-6-20(7-5-17)13-18-15(2)19-22(8-10-23)16(18)3/h14,17,23H,4-13H2,1-3H3. The summed E-state index contributed by atoms with van der Waals surface area (Å²) in [5.74, 6) is 0. The zero-order valence-corrected chi connectivity index (χ0v) is 15.4. The van der Waals surface area contributed by atoms with Gasteiger partial charge in [0.15, 0.2) is 0 Å². The zero-order chi connectivity index (χ0) is 17.1. The van der Waals surface area contributed by atoms with Gasteiger partial charge in [0.2, 0.25) is 0 Å². The molecule has 0 aromatic carbocycles. The van der Waals surface area contributed by atoms with Crippen LogP contribution < -0.4 is 0 Å². The van der Waals surface area contributed by atoms with Gasteiger partial charge in [-0.2, -0.15) is 5.10 Å². The van der Waals surface area contributed by atoms with Crippen molar-refractivity contribution in [3.63, 3.8) is 0 Å². The lowest BCUT2D eigenvalue weighted by Gasteiger charge is -2.41. The molecule has 2 aliphatic rings. The number of hydrogen-bond donors (Lipinski definition) is 1. The van der Waals surface area contributed by atoms with E-state index in [0.717, 1.165) is 45.0 Å². The highest BCUT2D eigenvalue weighted by Crippen LogP contribution is 2.22. The van der Waals surface area contributed by atoms with Crippen molar-refractivity contribution < 1.29 is 9.84 Å². The van der Waals surface area contributed by atoms with E-state index >= 15 is 0 Å². The van der Waals surface area contributed by atoms with E-state index in [9.17, 15) is 0 Å². The Hall–Kier alpha value is -0.950. The van der Waals surface area contributed by atoms with Crippen molar-refractivity contribution in [2.24, 2.45) is 0 Å². The average Bonchev–Trinajstić information content (AvgIpc) is 2.83. The van der Waals surface area contributed by atoms with E-state index in [1.807, 2.05) is 4.68 Å². The SMILES string of the molecule is Cc1nn(CCO)c(C)c1CN1CCC(N2CCOC(C)C2)CC1. The van der Waals surface area contributed by atoms with Crippen LogP contribution in [0.25, 0.3) is 0 Å². The fraction of sp³-hybridized carbons (Fsp3) is 0.833. The molecule has 136 valence electrons. The number of likely N-dealkylation sites (tertiary alicyclic amines) is 1. The zero-order valence-electron chi connectivity index (χ0n) is 15.4. The number of aliphatic hydroxyl groups excluding tert-OH is 1. The minimum absolute atomic E-state index is 0.144. The van der Waals surface area contributed by atoms with Crippen LogP contribution in [0.1, 0.15) is 36.7 Å². The first-order chi connectivity index (χ1) is 11.6. The molecule has 0 saturated carbocycles. The van der Waals surface area contributed by atoms with Gasteiger partial charge in [0.1, 0.15) is 0 Å². The number of hydrogen-bond acceptors (Lipinski definition) is 5. The lowest BCUT2D eigenvalue weighted by atomic mass is 10.0. The summed E-state index contributed by atoms with van der Waals surface area (Å²) in [6.45, 7) is 13.4. The monoisotopic (exact) mass is 336 g/mol. The summed E-state index contributed by atoms with van der Waals surface area (Å²) < 4.78 is 7.61. The molecule has 1 N–H and O–H groups in total. The summed E-state index contributed by atoms with van der Waals surface area (Å²) in [5.41, 5.74) is 3.64. The van der Waals surface area contributed by atoms with E-state index in [2.05, 4.69) is 35.7 Å². The minimum Gasteiger partial charge on any atom is -0.394 e. The molecule has 3 rings (SSSR count). The van der Waals surface area contributed by atoms with Crippen LogP contribution in [-0.4, -0.2) is 76.2 Å². The van der Waals surface area contributed by atoms with Gasteiger partial charge in [0.25, 0.3) is 0 Å². The molecule has 6 nitrogen and oxygen atoms in total. The molecule has 0 spiro atoms. The molecule has 0 amide bonds. The Morgan fingerprint density at radius 1 is 1.21 bits per heavy atom. The van der Waals surface area contributed by atoms with Gasteiger partial charge in [-0.15, -0.1) is 0 Å². The molecule has 2 aliphatic heterocycles. The van der Waals surface area contributed by atoms with Gasteiger partial charge < -0.3 is 9.84 Å². The molecular weight excluding hydrogens is 304 g/mol. The summed E-state index contributed by atoms with van der Waals surface area (Å²) in [6, 6.07) is 0.715. The maximum absolute atomic E-state index is 9.15. The van der Waals surface area contributed by atoms with Crippen molar-refractivity contribution in [3.05, 3.63) is 17.0 Å². The van der Waals surface area contributed by atoms with Crippen molar-refractivity contribution >= 4 is 0 Å². The lowest BCUT2D eigenvalue weighted by molar-refractivity contribution is -0.0437. The summed E-state index contributed by atoms with van der Waals surface area (Å²) >= 11 is 0. The number of rotatable bonds is 5. The van der Waals surface area contributed by atoms with Gasteiger partial charge in [-0.05, 0) is 46.7 Å². The predicted octanol–water partition coefficient (Wildman–Crippen LogP) is 1.18. The van der Waals surface area contributed by atoms with E-state index in [1.54, 1.807) is 0 Å². The van der Waals surface area contributed by atoms with Crippen LogP contribution in [0.5, 0.6) is 0 Å². The third-order valence-corrected chi connectivity index (χ3v) is 5.57. The van der Waals surface area contributed by atoms with E-state index < -0.39 is 0 Å². The van der Waals surface area contributed by atoms with Crippen molar-refractivity contribution in [1.82, 2.24) is 19.6 Å². The maximum atomic E-state index is 9.15. The number of ether oxygens (including phenoxy) is 1. The Labute approximate surface area is 145 Å². The van der Waals surface area contributed by atoms with Crippen LogP contribution in [0.2, 0.25) is 0 Å². The molecule has 1 aromatic heterocycles. The topological polar surface area (TPSA) is 53.8 Å². The van der Waals surface area contributed by atoms with E-state index in [-0.39, 0.29) is 6.61 Å². The second kappa shape index (κ2) is 7.95. The average molecular weight is 336 g/mol. The summed E-state index contributed by atoms with van der Waals surface area (Å²) in [4.78, 5) is 5.18. The number of aryl methyl sites for hydroxylation is 1. The van der Waals surface area contributed by atoms with E-state index in [0.29, 0.717) is 18.7 Å². The lowest BCUT2D eigenvalue weighted by Crippen LogP contribution is -2.50. The Morgan fingerprint density at radius 3 is 2.62 bits per heavy atom. The molecule has 0 bridgehead atoms. The van der Waals surface area contributed by atoms with Gasteiger partial charge in [-0.25, -0.2) is 0 Å². The molecule has 0 radical (unpaired) electrons. The van der Waals surface area contributed by atoms with Gasteiger partial charge in [-0.3, -0.25) is 14.5 Å².